The van der Waals surface area contributed by atoms with E-state index in [1.807, 2.05) is 12.1 Å². The molecule has 2 N–H and O–H groups in total. The van der Waals surface area contributed by atoms with Crippen molar-refractivity contribution in [2.45, 2.75) is 31.7 Å². The highest BCUT2D eigenvalue weighted by Gasteiger charge is 2.20. The third kappa shape index (κ3) is 3.57. The number of rotatable bonds is 4. The molecule has 1 amide bonds. The lowest BCUT2D eigenvalue weighted by atomic mass is 10.2. The Morgan fingerprint density at radius 2 is 1.86 bits per heavy atom. The average Bonchev–Trinajstić information content (AvgIpc) is 3.03. The van der Waals surface area contributed by atoms with Crippen molar-refractivity contribution >= 4 is 29.0 Å². The molecule has 1 aromatic heterocycles. The highest BCUT2D eigenvalue weighted by Crippen LogP contribution is 2.22. The van der Waals surface area contributed by atoms with Gasteiger partial charge in [0, 0.05) is 22.9 Å². The highest BCUT2D eigenvalue weighted by atomic mass is 35.5. The van der Waals surface area contributed by atoms with E-state index in [1.54, 1.807) is 30.5 Å². The van der Waals surface area contributed by atoms with Crippen LogP contribution in [0.5, 0.6) is 0 Å². The molecule has 0 bridgehead atoms. The smallest absolute Gasteiger partial charge is 0.255 e. The molecule has 0 spiro atoms. The summed E-state index contributed by atoms with van der Waals surface area (Å²) in [5.74, 6) is 0.483. The van der Waals surface area contributed by atoms with Gasteiger partial charge in [0.1, 0.15) is 5.82 Å². The summed E-state index contributed by atoms with van der Waals surface area (Å²) in [6.45, 7) is 0. The van der Waals surface area contributed by atoms with Crippen LogP contribution in [0.2, 0.25) is 5.02 Å². The van der Waals surface area contributed by atoms with Crippen molar-refractivity contribution in [3.63, 3.8) is 0 Å². The topological polar surface area (TPSA) is 54.0 Å². The molecule has 2 aromatic rings. The predicted octanol–water partition coefficient (Wildman–Crippen LogP) is 4.15. The van der Waals surface area contributed by atoms with Crippen molar-refractivity contribution in [1.82, 2.24) is 10.3 Å². The van der Waals surface area contributed by atoms with Crippen molar-refractivity contribution in [3.8, 4) is 0 Å². The maximum atomic E-state index is 12.5. The molecule has 5 heteroatoms. The van der Waals surface area contributed by atoms with E-state index in [0.29, 0.717) is 16.4 Å². The van der Waals surface area contributed by atoms with Crippen LogP contribution < -0.4 is 10.6 Å². The maximum absolute atomic E-state index is 12.5. The summed E-state index contributed by atoms with van der Waals surface area (Å²) in [5.41, 5.74) is 1.40. The summed E-state index contributed by atoms with van der Waals surface area (Å²) in [4.78, 5) is 16.7. The molecule has 0 saturated heterocycles. The second-order valence-electron chi connectivity index (χ2n) is 5.49. The van der Waals surface area contributed by atoms with Gasteiger partial charge in [0.25, 0.3) is 5.91 Å². The minimum absolute atomic E-state index is 0.0727. The number of pyridine rings is 1. The Kier molecular flexibility index (Phi) is 4.59. The van der Waals surface area contributed by atoms with Gasteiger partial charge in [-0.2, -0.15) is 0 Å². The molecule has 1 aromatic carbocycles. The lowest BCUT2D eigenvalue weighted by Crippen LogP contribution is -2.33. The largest absolute Gasteiger partial charge is 0.349 e. The number of halogens is 1. The summed E-state index contributed by atoms with van der Waals surface area (Å²) in [6.07, 6.45) is 6.17. The van der Waals surface area contributed by atoms with E-state index in [0.717, 1.165) is 18.5 Å². The first-order valence-corrected chi connectivity index (χ1v) is 7.88. The van der Waals surface area contributed by atoms with E-state index in [2.05, 4.69) is 15.6 Å². The second kappa shape index (κ2) is 6.79. The van der Waals surface area contributed by atoms with Crippen LogP contribution in [0.25, 0.3) is 0 Å². The van der Waals surface area contributed by atoms with Crippen LogP contribution in [-0.2, 0) is 0 Å². The first-order chi connectivity index (χ1) is 10.7. The fraction of sp³-hybridized carbons (Fsp3) is 0.294. The van der Waals surface area contributed by atoms with E-state index in [4.69, 9.17) is 11.6 Å². The molecule has 1 aliphatic rings. The van der Waals surface area contributed by atoms with Gasteiger partial charge in [-0.15, -0.1) is 0 Å². The number of nitrogens with one attached hydrogen (secondary N) is 2. The quantitative estimate of drug-likeness (QED) is 0.891. The lowest BCUT2D eigenvalue weighted by molar-refractivity contribution is 0.0938. The van der Waals surface area contributed by atoms with Crippen LogP contribution in [0.3, 0.4) is 0 Å². The number of anilines is 2. The normalized spacial score (nSPS) is 14.8. The Labute approximate surface area is 134 Å². The van der Waals surface area contributed by atoms with E-state index < -0.39 is 0 Å². The maximum Gasteiger partial charge on any atom is 0.255 e. The number of carbonyl (C=O) groups is 1. The number of hydrogen-bond acceptors (Lipinski definition) is 3. The van der Waals surface area contributed by atoms with Gasteiger partial charge in [-0.3, -0.25) is 4.79 Å². The van der Waals surface area contributed by atoms with Gasteiger partial charge in [0.2, 0.25) is 0 Å². The summed E-state index contributed by atoms with van der Waals surface area (Å²) in [6, 6.07) is 11.2. The van der Waals surface area contributed by atoms with Crippen molar-refractivity contribution in [1.29, 1.82) is 0 Å². The van der Waals surface area contributed by atoms with Crippen molar-refractivity contribution in [3.05, 3.63) is 53.2 Å². The van der Waals surface area contributed by atoms with Gasteiger partial charge in [-0.25, -0.2) is 4.98 Å². The molecule has 4 nitrogen and oxygen atoms in total. The van der Waals surface area contributed by atoms with Crippen LogP contribution in [0.1, 0.15) is 36.0 Å². The van der Waals surface area contributed by atoms with Gasteiger partial charge in [-0.1, -0.05) is 24.4 Å². The molecule has 1 saturated carbocycles. The summed E-state index contributed by atoms with van der Waals surface area (Å²) in [7, 11) is 0. The molecule has 1 aliphatic carbocycles. The number of nitrogens with zero attached hydrogens (tertiary/aromatic N) is 1. The Balaban J connectivity index is 1.76. The Morgan fingerprint density at radius 3 is 2.59 bits per heavy atom. The summed E-state index contributed by atoms with van der Waals surface area (Å²) < 4.78 is 0. The molecule has 0 atom stereocenters. The van der Waals surface area contributed by atoms with E-state index in [-0.39, 0.29) is 11.9 Å². The summed E-state index contributed by atoms with van der Waals surface area (Å²) in [5, 5.41) is 6.94. The molecular weight excluding hydrogens is 298 g/mol. The van der Waals surface area contributed by atoms with Crippen LogP contribution in [-0.4, -0.2) is 16.9 Å². The number of hydrogen-bond donors (Lipinski definition) is 2. The molecule has 114 valence electrons. The predicted molar refractivity (Wildman–Crippen MR) is 88.7 cm³/mol. The highest BCUT2D eigenvalue weighted by molar-refractivity contribution is 6.30. The average molecular weight is 316 g/mol. The fourth-order valence-electron chi connectivity index (χ4n) is 2.69. The molecule has 0 aliphatic heterocycles. The van der Waals surface area contributed by atoms with Crippen LogP contribution in [0.4, 0.5) is 11.5 Å². The van der Waals surface area contributed by atoms with E-state index >= 15 is 0 Å². The minimum atomic E-state index is -0.0727. The third-order valence-corrected chi connectivity index (χ3v) is 4.10. The van der Waals surface area contributed by atoms with Crippen LogP contribution in [0.15, 0.2) is 42.6 Å². The SMILES string of the molecule is O=C(NC1CCCC1)c1cccnc1Nc1ccc(Cl)cc1. The van der Waals surface area contributed by atoms with Gasteiger partial charge in [0.15, 0.2) is 0 Å². The van der Waals surface area contributed by atoms with Crippen molar-refractivity contribution in [2.24, 2.45) is 0 Å². The number of carbonyl (C=O) groups excluding carboxylic acids is 1. The van der Waals surface area contributed by atoms with Gasteiger partial charge >= 0.3 is 0 Å². The molecule has 1 fully saturated rings. The number of aromatic nitrogens is 1. The monoisotopic (exact) mass is 315 g/mol. The molecular formula is C17H18ClN3O. The minimum Gasteiger partial charge on any atom is -0.349 e. The van der Waals surface area contributed by atoms with Crippen molar-refractivity contribution < 1.29 is 4.79 Å². The Hall–Kier alpha value is -2.07. The van der Waals surface area contributed by atoms with Crippen LogP contribution >= 0.6 is 11.6 Å². The lowest BCUT2D eigenvalue weighted by Gasteiger charge is -2.14. The van der Waals surface area contributed by atoms with Gasteiger partial charge in [0.05, 0.1) is 5.56 Å². The first-order valence-electron chi connectivity index (χ1n) is 7.51. The molecule has 0 unspecified atom stereocenters. The Bertz CT molecular complexity index is 651. The zero-order valence-corrected chi connectivity index (χ0v) is 12.9. The van der Waals surface area contributed by atoms with Gasteiger partial charge in [-0.05, 0) is 49.2 Å². The number of benzene rings is 1. The zero-order chi connectivity index (χ0) is 15.4. The van der Waals surface area contributed by atoms with E-state index in [1.165, 1.54) is 12.8 Å². The molecule has 0 radical (unpaired) electrons. The molecule has 22 heavy (non-hydrogen) atoms. The zero-order valence-electron chi connectivity index (χ0n) is 12.2. The molecule has 3 rings (SSSR count). The fourth-order valence-corrected chi connectivity index (χ4v) is 2.82. The van der Waals surface area contributed by atoms with Crippen molar-refractivity contribution in [2.75, 3.05) is 5.32 Å². The van der Waals surface area contributed by atoms with Crippen LogP contribution in [0, 0.1) is 0 Å². The Morgan fingerprint density at radius 1 is 1.14 bits per heavy atom. The second-order valence-corrected chi connectivity index (χ2v) is 5.92. The first kappa shape index (κ1) is 14.9. The summed E-state index contributed by atoms with van der Waals surface area (Å²) >= 11 is 5.88. The van der Waals surface area contributed by atoms with E-state index in [9.17, 15) is 4.79 Å². The van der Waals surface area contributed by atoms with Gasteiger partial charge < -0.3 is 10.6 Å². The molecule has 1 heterocycles. The third-order valence-electron chi connectivity index (χ3n) is 3.85. The number of amides is 1. The standard InChI is InChI=1S/C17H18ClN3O/c18-12-7-9-14(10-8-12)20-16-15(6-3-11-19-16)17(22)21-13-4-1-2-5-13/h3,6-11,13H,1-2,4-5H2,(H,19,20)(H,21,22).